The van der Waals surface area contributed by atoms with Crippen molar-refractivity contribution in [3.8, 4) is 0 Å². The van der Waals surface area contributed by atoms with Crippen molar-refractivity contribution in [1.29, 1.82) is 0 Å². The van der Waals surface area contributed by atoms with Crippen molar-refractivity contribution in [2.24, 2.45) is 5.41 Å². The Balaban J connectivity index is 2.06. The highest BCUT2D eigenvalue weighted by Crippen LogP contribution is 2.50. The number of hydrogen-bond donors (Lipinski definition) is 1. The smallest absolute Gasteiger partial charge is 0.264 e. The molecule has 1 atom stereocenters. The van der Waals surface area contributed by atoms with Gasteiger partial charge in [-0.3, -0.25) is 4.55 Å². The van der Waals surface area contributed by atoms with Crippen molar-refractivity contribution in [3.63, 3.8) is 0 Å². The molecular weight excluding hydrogens is 423 g/mol. The molecule has 1 aromatic carbocycles. The predicted molar refractivity (Wildman–Crippen MR) is 103 cm³/mol. The molecule has 0 heterocycles. The predicted octanol–water partition coefficient (Wildman–Crippen LogP) is 5.40. The van der Waals surface area contributed by atoms with Crippen LogP contribution in [-0.4, -0.2) is 18.7 Å². The van der Waals surface area contributed by atoms with Crippen molar-refractivity contribution >= 4 is 32.7 Å². The van der Waals surface area contributed by atoms with Crippen molar-refractivity contribution < 1.29 is 13.0 Å². The fraction of sp³-hybridized carbons (Fsp3) is 0.667. The Labute approximate surface area is 154 Å². The SMILES string of the molecule is CC(c1ccc(I)cc1)C1(CCCCS(=O)(=O)O)CCCCC1. The monoisotopic (exact) mass is 450 g/mol. The number of hydrogen-bond acceptors (Lipinski definition) is 2. The first-order valence-corrected chi connectivity index (χ1v) is 11.2. The Kier molecular flexibility index (Phi) is 6.92. The third kappa shape index (κ3) is 5.71. The summed E-state index contributed by atoms with van der Waals surface area (Å²) in [6.07, 6.45) is 8.79. The number of rotatable bonds is 7. The molecule has 0 amide bonds. The molecule has 3 nitrogen and oxygen atoms in total. The zero-order valence-electron chi connectivity index (χ0n) is 13.8. The summed E-state index contributed by atoms with van der Waals surface area (Å²) >= 11 is 2.33. The van der Waals surface area contributed by atoms with Gasteiger partial charge in [-0.25, -0.2) is 0 Å². The first-order chi connectivity index (χ1) is 10.8. The van der Waals surface area contributed by atoms with E-state index in [-0.39, 0.29) is 11.2 Å². The molecule has 0 aromatic heterocycles. The minimum atomic E-state index is -3.82. The van der Waals surface area contributed by atoms with E-state index in [4.69, 9.17) is 4.55 Å². The fourth-order valence-electron chi connectivity index (χ4n) is 4.02. The van der Waals surface area contributed by atoms with Crippen LogP contribution in [-0.2, 0) is 10.1 Å². The lowest BCUT2D eigenvalue weighted by Crippen LogP contribution is -2.30. The molecule has 0 saturated heterocycles. The van der Waals surface area contributed by atoms with E-state index in [1.54, 1.807) is 0 Å². The molecule has 1 aromatic rings. The number of unbranched alkanes of at least 4 members (excludes halogenated alkanes) is 1. The normalized spacial score (nSPS) is 19.4. The van der Waals surface area contributed by atoms with Crippen molar-refractivity contribution in [3.05, 3.63) is 33.4 Å². The van der Waals surface area contributed by atoms with E-state index in [1.165, 1.54) is 41.2 Å². The lowest BCUT2D eigenvalue weighted by atomic mass is 9.62. The summed E-state index contributed by atoms with van der Waals surface area (Å²) in [5, 5.41) is 0. The summed E-state index contributed by atoms with van der Waals surface area (Å²) in [6, 6.07) is 8.81. The molecule has 130 valence electrons. The molecule has 0 spiro atoms. The van der Waals surface area contributed by atoms with Gasteiger partial charge < -0.3 is 0 Å². The Morgan fingerprint density at radius 2 is 1.74 bits per heavy atom. The highest BCUT2D eigenvalue weighted by atomic mass is 127. The van der Waals surface area contributed by atoms with Gasteiger partial charge in [-0.05, 0) is 77.3 Å². The molecule has 0 radical (unpaired) electrons. The summed E-state index contributed by atoms with van der Waals surface area (Å²) in [4.78, 5) is 0. The van der Waals surface area contributed by atoms with Gasteiger partial charge in [-0.15, -0.1) is 0 Å². The molecule has 5 heteroatoms. The lowest BCUT2D eigenvalue weighted by Gasteiger charge is -2.43. The summed E-state index contributed by atoms with van der Waals surface area (Å²) in [7, 11) is -3.82. The van der Waals surface area contributed by atoms with Crippen LogP contribution in [0.2, 0.25) is 0 Å². The van der Waals surface area contributed by atoms with Crippen molar-refractivity contribution in [1.82, 2.24) is 0 Å². The van der Waals surface area contributed by atoms with E-state index in [2.05, 4.69) is 53.8 Å². The van der Waals surface area contributed by atoms with E-state index in [9.17, 15) is 8.42 Å². The zero-order valence-corrected chi connectivity index (χ0v) is 16.8. The molecule has 1 unspecified atom stereocenters. The Bertz CT molecular complexity index is 589. The fourth-order valence-corrected chi connectivity index (χ4v) is 4.95. The Morgan fingerprint density at radius 3 is 2.30 bits per heavy atom. The third-order valence-electron chi connectivity index (χ3n) is 5.46. The van der Waals surface area contributed by atoms with E-state index in [1.807, 2.05) is 0 Å². The molecule has 0 aliphatic heterocycles. The second-order valence-corrected chi connectivity index (χ2v) is 9.76. The van der Waals surface area contributed by atoms with Crippen LogP contribution in [0.15, 0.2) is 24.3 Å². The van der Waals surface area contributed by atoms with Gasteiger partial charge in [0.05, 0.1) is 5.75 Å². The van der Waals surface area contributed by atoms with Crippen LogP contribution in [0.4, 0.5) is 0 Å². The zero-order chi connectivity index (χ0) is 16.9. The summed E-state index contributed by atoms with van der Waals surface area (Å²) in [5.74, 6) is 0.381. The highest BCUT2D eigenvalue weighted by Gasteiger charge is 2.37. The molecule has 1 fully saturated rings. The van der Waals surface area contributed by atoms with Gasteiger partial charge in [-0.2, -0.15) is 8.42 Å². The van der Waals surface area contributed by atoms with Gasteiger partial charge in [0.15, 0.2) is 0 Å². The maximum Gasteiger partial charge on any atom is 0.264 e. The standard InChI is InChI=1S/C18H27IO3S/c1-15(16-7-9-17(19)10-8-16)18(11-3-2-4-12-18)13-5-6-14-23(20,21)22/h7-10,15H,2-6,11-14H2,1H3,(H,20,21,22). The van der Waals surface area contributed by atoms with Crippen LogP contribution in [0.5, 0.6) is 0 Å². The molecule has 0 bridgehead atoms. The first kappa shape index (κ1) is 19.2. The van der Waals surface area contributed by atoms with Gasteiger partial charge in [-0.1, -0.05) is 44.7 Å². The van der Waals surface area contributed by atoms with Gasteiger partial charge in [0.1, 0.15) is 0 Å². The van der Waals surface area contributed by atoms with Crippen LogP contribution in [0.1, 0.15) is 69.8 Å². The molecule has 1 saturated carbocycles. The quantitative estimate of drug-likeness (QED) is 0.344. The topological polar surface area (TPSA) is 54.4 Å². The van der Waals surface area contributed by atoms with Crippen LogP contribution in [0.3, 0.4) is 0 Å². The number of halogens is 1. The molecular formula is C18H27IO3S. The van der Waals surface area contributed by atoms with Gasteiger partial charge in [0, 0.05) is 3.57 Å². The van der Waals surface area contributed by atoms with E-state index < -0.39 is 10.1 Å². The van der Waals surface area contributed by atoms with Crippen LogP contribution in [0.25, 0.3) is 0 Å². The Morgan fingerprint density at radius 1 is 1.13 bits per heavy atom. The van der Waals surface area contributed by atoms with Gasteiger partial charge >= 0.3 is 0 Å². The molecule has 1 aliphatic carbocycles. The molecule has 2 rings (SSSR count). The average molecular weight is 450 g/mol. The molecule has 23 heavy (non-hydrogen) atoms. The largest absolute Gasteiger partial charge is 0.286 e. The summed E-state index contributed by atoms with van der Waals surface area (Å²) in [6.45, 7) is 2.33. The second-order valence-electron chi connectivity index (χ2n) is 6.94. The van der Waals surface area contributed by atoms with E-state index in [0.717, 1.165) is 12.8 Å². The summed E-state index contributed by atoms with van der Waals surface area (Å²) in [5.41, 5.74) is 1.67. The van der Waals surface area contributed by atoms with Crippen LogP contribution < -0.4 is 0 Å². The lowest BCUT2D eigenvalue weighted by molar-refractivity contribution is 0.132. The minimum Gasteiger partial charge on any atom is -0.286 e. The minimum absolute atomic E-state index is 0.110. The van der Waals surface area contributed by atoms with Crippen LogP contribution >= 0.6 is 22.6 Å². The summed E-state index contributed by atoms with van der Waals surface area (Å²) < 4.78 is 32.0. The van der Waals surface area contributed by atoms with E-state index >= 15 is 0 Å². The first-order valence-electron chi connectivity index (χ1n) is 8.53. The van der Waals surface area contributed by atoms with Crippen LogP contribution in [0, 0.1) is 8.99 Å². The molecule has 1 aliphatic rings. The maximum atomic E-state index is 10.9. The van der Waals surface area contributed by atoms with Gasteiger partial charge in [0.2, 0.25) is 0 Å². The third-order valence-corrected chi connectivity index (χ3v) is 6.99. The van der Waals surface area contributed by atoms with Crippen molar-refractivity contribution in [2.75, 3.05) is 5.75 Å². The van der Waals surface area contributed by atoms with E-state index in [0.29, 0.717) is 12.3 Å². The second kappa shape index (κ2) is 8.30. The average Bonchev–Trinajstić information content (AvgIpc) is 2.52. The van der Waals surface area contributed by atoms with Crippen molar-refractivity contribution in [2.45, 2.75) is 64.2 Å². The maximum absolute atomic E-state index is 10.9. The molecule has 1 N–H and O–H groups in total. The highest BCUT2D eigenvalue weighted by molar-refractivity contribution is 14.1. The van der Waals surface area contributed by atoms with Gasteiger partial charge in [0.25, 0.3) is 10.1 Å². The number of benzene rings is 1. The Hall–Kier alpha value is -0.140.